The summed E-state index contributed by atoms with van der Waals surface area (Å²) in [5.41, 5.74) is 1.76. The lowest BCUT2D eigenvalue weighted by Gasteiger charge is -2.21. The van der Waals surface area contributed by atoms with E-state index in [9.17, 15) is 17.6 Å². The number of amides is 1. The van der Waals surface area contributed by atoms with Crippen molar-refractivity contribution in [1.82, 2.24) is 4.72 Å². The number of sulfonamides is 1. The highest BCUT2D eigenvalue weighted by atomic mass is 32.2. The first-order chi connectivity index (χ1) is 14.7. The van der Waals surface area contributed by atoms with Gasteiger partial charge in [0.15, 0.2) is 0 Å². The molecule has 2 aromatic rings. The summed E-state index contributed by atoms with van der Waals surface area (Å²) in [6.07, 6.45) is 2.39. The summed E-state index contributed by atoms with van der Waals surface area (Å²) >= 11 is 0. The maximum atomic E-state index is 14.6. The van der Waals surface area contributed by atoms with Gasteiger partial charge in [-0.25, -0.2) is 12.8 Å². The van der Waals surface area contributed by atoms with Gasteiger partial charge in [-0.1, -0.05) is 31.5 Å². The van der Waals surface area contributed by atoms with Crippen molar-refractivity contribution in [1.29, 1.82) is 0 Å². The van der Waals surface area contributed by atoms with Crippen molar-refractivity contribution >= 4 is 27.3 Å². The van der Waals surface area contributed by atoms with Crippen LogP contribution in [0.1, 0.15) is 38.7 Å². The maximum absolute atomic E-state index is 14.6. The van der Waals surface area contributed by atoms with Gasteiger partial charge >= 0.3 is 0 Å². The first kappa shape index (κ1) is 23.2. The summed E-state index contributed by atoms with van der Waals surface area (Å²) in [6, 6.07) is 10.0. The van der Waals surface area contributed by atoms with Crippen LogP contribution in [-0.2, 0) is 14.8 Å². The fourth-order valence-corrected chi connectivity index (χ4v) is 4.89. The van der Waals surface area contributed by atoms with Gasteiger partial charge in [-0.05, 0) is 62.4 Å². The Kier molecular flexibility index (Phi) is 7.33. The van der Waals surface area contributed by atoms with E-state index in [4.69, 9.17) is 0 Å². The van der Waals surface area contributed by atoms with Crippen LogP contribution in [0.5, 0.6) is 0 Å². The van der Waals surface area contributed by atoms with Crippen LogP contribution < -0.4 is 14.9 Å². The zero-order chi connectivity index (χ0) is 22.6. The van der Waals surface area contributed by atoms with Crippen LogP contribution >= 0.6 is 0 Å². The van der Waals surface area contributed by atoms with Crippen LogP contribution in [0.3, 0.4) is 0 Å². The Hall–Kier alpha value is -2.45. The van der Waals surface area contributed by atoms with Gasteiger partial charge in [-0.15, -0.1) is 0 Å². The monoisotopic (exact) mass is 447 g/mol. The average Bonchev–Trinajstić information content (AvgIpc) is 3.22. The van der Waals surface area contributed by atoms with Crippen molar-refractivity contribution in [2.45, 2.75) is 51.0 Å². The number of carbonyl (C=O) groups is 1. The number of carbonyl (C=O) groups excluding carboxylic acids is 1. The van der Waals surface area contributed by atoms with Crippen molar-refractivity contribution in [3.63, 3.8) is 0 Å². The van der Waals surface area contributed by atoms with Crippen molar-refractivity contribution < 1.29 is 17.6 Å². The molecule has 8 heteroatoms. The van der Waals surface area contributed by atoms with Gasteiger partial charge in [0.05, 0.1) is 10.6 Å². The highest BCUT2D eigenvalue weighted by Gasteiger charge is 2.27. The Balaban J connectivity index is 1.75. The summed E-state index contributed by atoms with van der Waals surface area (Å²) in [7, 11) is -3.88. The molecule has 1 amide bonds. The number of rotatable bonds is 8. The lowest BCUT2D eigenvalue weighted by atomic mass is 10.0. The second kappa shape index (κ2) is 9.78. The second-order valence-corrected chi connectivity index (χ2v) is 10.2. The van der Waals surface area contributed by atoms with Gasteiger partial charge in [-0.3, -0.25) is 4.79 Å². The van der Waals surface area contributed by atoms with Gasteiger partial charge in [0.1, 0.15) is 11.9 Å². The standard InChI is InChI=1S/C23H30FN3O3S/c1-16(2)14-21(26-31(29,30)19-9-6-17(3)7-10-19)23(28)25-18-8-11-22(20(24)15-18)27-12-4-5-13-27/h6-11,15-16,21,26H,4-5,12-14H2,1-3H3,(H,25,28). The Morgan fingerprint density at radius 3 is 2.32 bits per heavy atom. The molecule has 0 radical (unpaired) electrons. The van der Waals surface area contributed by atoms with E-state index >= 15 is 0 Å². The SMILES string of the molecule is Cc1ccc(S(=O)(=O)NC(CC(C)C)C(=O)Nc2ccc(N3CCCC3)c(F)c2)cc1. The van der Waals surface area contributed by atoms with Crippen molar-refractivity contribution in [2.24, 2.45) is 5.92 Å². The highest BCUT2D eigenvalue weighted by Crippen LogP contribution is 2.26. The molecule has 0 aliphatic carbocycles. The van der Waals surface area contributed by atoms with E-state index in [1.807, 2.05) is 25.7 Å². The van der Waals surface area contributed by atoms with E-state index in [1.54, 1.807) is 24.3 Å². The maximum Gasteiger partial charge on any atom is 0.242 e. The van der Waals surface area contributed by atoms with Crippen LogP contribution in [0, 0.1) is 18.7 Å². The van der Waals surface area contributed by atoms with E-state index in [1.165, 1.54) is 18.2 Å². The van der Waals surface area contributed by atoms with Crippen molar-refractivity contribution in [2.75, 3.05) is 23.3 Å². The molecule has 31 heavy (non-hydrogen) atoms. The fraction of sp³-hybridized carbons (Fsp3) is 0.435. The molecule has 0 spiro atoms. The summed E-state index contributed by atoms with van der Waals surface area (Å²) in [6.45, 7) is 7.32. The third kappa shape index (κ3) is 6.04. The number of halogens is 1. The zero-order valence-corrected chi connectivity index (χ0v) is 19.0. The highest BCUT2D eigenvalue weighted by molar-refractivity contribution is 7.89. The molecular formula is C23H30FN3O3S. The Morgan fingerprint density at radius 2 is 1.74 bits per heavy atom. The van der Waals surface area contributed by atoms with Crippen LogP contribution in [0.2, 0.25) is 0 Å². The lowest BCUT2D eigenvalue weighted by molar-refractivity contribution is -0.118. The minimum absolute atomic E-state index is 0.0748. The molecule has 2 aromatic carbocycles. The number of aryl methyl sites for hydroxylation is 1. The fourth-order valence-electron chi connectivity index (χ4n) is 3.68. The van der Waals surface area contributed by atoms with E-state index in [0.29, 0.717) is 17.8 Å². The topological polar surface area (TPSA) is 78.5 Å². The quantitative estimate of drug-likeness (QED) is 0.640. The van der Waals surface area contributed by atoms with Crippen molar-refractivity contribution in [3.8, 4) is 0 Å². The molecule has 1 fully saturated rings. The molecule has 1 atom stereocenters. The number of anilines is 2. The molecule has 3 rings (SSSR count). The number of nitrogens with one attached hydrogen (secondary N) is 2. The first-order valence-electron chi connectivity index (χ1n) is 10.6. The second-order valence-electron chi connectivity index (χ2n) is 8.47. The van der Waals surface area contributed by atoms with Crippen molar-refractivity contribution in [3.05, 3.63) is 53.8 Å². The largest absolute Gasteiger partial charge is 0.369 e. The van der Waals surface area contributed by atoms with Crippen LogP contribution in [0.4, 0.5) is 15.8 Å². The third-order valence-electron chi connectivity index (χ3n) is 5.31. The Labute approximate surface area is 183 Å². The number of nitrogens with zero attached hydrogens (tertiary/aromatic N) is 1. The summed E-state index contributed by atoms with van der Waals surface area (Å²) in [5.74, 6) is -0.844. The summed E-state index contributed by atoms with van der Waals surface area (Å²) in [5, 5.41) is 2.66. The molecule has 168 valence electrons. The molecule has 0 aromatic heterocycles. The minimum atomic E-state index is -3.88. The molecule has 6 nitrogen and oxygen atoms in total. The molecule has 1 unspecified atom stereocenters. The van der Waals surface area contributed by atoms with Crippen LogP contribution in [0.15, 0.2) is 47.4 Å². The van der Waals surface area contributed by atoms with Gasteiger partial charge < -0.3 is 10.2 Å². The summed E-state index contributed by atoms with van der Waals surface area (Å²) < 4.78 is 42.7. The number of hydrogen-bond donors (Lipinski definition) is 2. The average molecular weight is 448 g/mol. The normalized spacial score (nSPS) is 15.3. The molecule has 1 aliphatic heterocycles. The smallest absolute Gasteiger partial charge is 0.242 e. The Bertz CT molecular complexity index is 1020. The molecule has 0 saturated carbocycles. The zero-order valence-electron chi connectivity index (χ0n) is 18.2. The molecule has 1 saturated heterocycles. The lowest BCUT2D eigenvalue weighted by Crippen LogP contribution is -2.44. The van der Waals surface area contributed by atoms with E-state index in [2.05, 4.69) is 10.0 Å². The predicted molar refractivity (Wildman–Crippen MR) is 121 cm³/mol. The molecule has 0 bridgehead atoms. The Morgan fingerprint density at radius 1 is 1.10 bits per heavy atom. The van der Waals surface area contributed by atoms with Gasteiger partial charge in [0.25, 0.3) is 0 Å². The minimum Gasteiger partial charge on any atom is -0.369 e. The molecule has 1 aliphatic rings. The molecule has 2 N–H and O–H groups in total. The number of benzene rings is 2. The van der Waals surface area contributed by atoms with Gasteiger partial charge in [0.2, 0.25) is 15.9 Å². The van der Waals surface area contributed by atoms with E-state index in [0.717, 1.165) is 31.5 Å². The van der Waals surface area contributed by atoms with E-state index in [-0.39, 0.29) is 10.8 Å². The number of hydrogen-bond acceptors (Lipinski definition) is 4. The van der Waals surface area contributed by atoms with Crippen LogP contribution in [0.25, 0.3) is 0 Å². The predicted octanol–water partition coefficient (Wildman–Crippen LogP) is 4.07. The third-order valence-corrected chi connectivity index (χ3v) is 6.80. The van der Waals surface area contributed by atoms with Gasteiger partial charge in [0, 0.05) is 18.8 Å². The first-order valence-corrected chi connectivity index (χ1v) is 12.1. The van der Waals surface area contributed by atoms with Crippen LogP contribution in [-0.4, -0.2) is 33.5 Å². The summed E-state index contributed by atoms with van der Waals surface area (Å²) in [4.78, 5) is 15.0. The molecule has 1 heterocycles. The van der Waals surface area contributed by atoms with Gasteiger partial charge in [-0.2, -0.15) is 4.72 Å². The van der Waals surface area contributed by atoms with E-state index < -0.39 is 27.8 Å². The molecular weight excluding hydrogens is 417 g/mol.